The van der Waals surface area contributed by atoms with E-state index in [9.17, 15) is 9.59 Å². The molecule has 0 unspecified atom stereocenters. The predicted molar refractivity (Wildman–Crippen MR) is 88.6 cm³/mol. The number of hydrogen-bond donors (Lipinski definition) is 3. The van der Waals surface area contributed by atoms with E-state index < -0.39 is 0 Å². The second-order valence-electron chi connectivity index (χ2n) is 1.64. The maximum absolute atomic E-state index is 9.96. The zero-order valence-electron chi connectivity index (χ0n) is 15.3. The lowest BCUT2D eigenvalue weighted by molar-refractivity contribution is -0.118. The SMILES string of the molecule is CC.CC.CC.CC.CNC(=O)NC.CNC(C)=O. The minimum absolute atomic E-state index is 0.00463. The normalized spacial score (nSPS) is 5.26. The summed E-state index contributed by atoms with van der Waals surface area (Å²) in [6.45, 7) is 17.5. The molecule has 5 nitrogen and oxygen atoms in total. The molecular formula is C14H39N3O2. The molecule has 0 radical (unpaired) electrons. The van der Waals surface area contributed by atoms with Crippen molar-refractivity contribution >= 4 is 11.9 Å². The van der Waals surface area contributed by atoms with Crippen LogP contribution in [-0.4, -0.2) is 33.1 Å². The van der Waals surface area contributed by atoms with Gasteiger partial charge in [-0.05, 0) is 0 Å². The van der Waals surface area contributed by atoms with Crippen LogP contribution in [0.2, 0.25) is 0 Å². The number of rotatable bonds is 0. The molecule has 0 bridgehead atoms. The molecule has 3 amide bonds. The van der Waals surface area contributed by atoms with Gasteiger partial charge in [-0.2, -0.15) is 0 Å². The van der Waals surface area contributed by atoms with Crippen LogP contribution in [0.1, 0.15) is 62.3 Å². The number of amides is 3. The molecule has 0 aliphatic heterocycles. The highest BCUT2D eigenvalue weighted by Crippen LogP contribution is 1.48. The molecule has 0 rings (SSSR count). The summed E-state index contributed by atoms with van der Waals surface area (Å²) in [5.74, 6) is 0.00463. The van der Waals surface area contributed by atoms with E-state index in [-0.39, 0.29) is 11.9 Å². The molecule has 5 heteroatoms. The van der Waals surface area contributed by atoms with Gasteiger partial charge in [-0.25, -0.2) is 4.79 Å². The average molecular weight is 281 g/mol. The van der Waals surface area contributed by atoms with Crippen molar-refractivity contribution in [3.05, 3.63) is 0 Å². The highest BCUT2D eigenvalue weighted by atomic mass is 16.2. The number of carbonyl (C=O) groups is 2. The fraction of sp³-hybridized carbons (Fsp3) is 0.857. The molecule has 0 heterocycles. The van der Waals surface area contributed by atoms with Gasteiger partial charge in [-0.1, -0.05) is 55.4 Å². The molecule has 0 aromatic carbocycles. The van der Waals surface area contributed by atoms with Crippen LogP contribution in [-0.2, 0) is 4.79 Å². The lowest BCUT2D eigenvalue weighted by Crippen LogP contribution is -2.28. The molecule has 0 saturated heterocycles. The molecule has 19 heavy (non-hydrogen) atoms. The standard InChI is InChI=1S/C3H8N2O.C3H7NO.4C2H6/c1-4-3(6)5-2;1-3(5)4-2;4*1-2/h1-2H3,(H2,4,5,6);1-2H3,(H,4,5);4*1-2H3. The van der Waals surface area contributed by atoms with Gasteiger partial charge in [0.05, 0.1) is 0 Å². The first-order chi connectivity index (χ1) is 9.08. The highest BCUT2D eigenvalue weighted by molar-refractivity contribution is 5.73. The van der Waals surface area contributed by atoms with Gasteiger partial charge in [0.2, 0.25) is 5.91 Å². The topological polar surface area (TPSA) is 70.2 Å². The number of hydrogen-bond acceptors (Lipinski definition) is 2. The van der Waals surface area contributed by atoms with Crippen molar-refractivity contribution in [1.29, 1.82) is 0 Å². The van der Waals surface area contributed by atoms with Gasteiger partial charge in [0.1, 0.15) is 0 Å². The first-order valence-electron chi connectivity index (χ1n) is 7.16. The summed E-state index contributed by atoms with van der Waals surface area (Å²) in [6, 6.07) is -0.157. The van der Waals surface area contributed by atoms with Gasteiger partial charge in [-0.3, -0.25) is 4.79 Å². The molecule has 0 spiro atoms. The Kier molecular flexibility index (Phi) is 131. The van der Waals surface area contributed by atoms with Crippen molar-refractivity contribution in [3.63, 3.8) is 0 Å². The second kappa shape index (κ2) is 69.2. The van der Waals surface area contributed by atoms with Crippen molar-refractivity contribution in [2.24, 2.45) is 0 Å². The number of nitrogens with one attached hydrogen (secondary N) is 3. The maximum atomic E-state index is 9.96. The Labute approximate surface area is 121 Å². The molecule has 0 saturated carbocycles. The Hall–Kier alpha value is -1.26. The molecule has 0 aromatic rings. The van der Waals surface area contributed by atoms with E-state index in [1.54, 1.807) is 21.1 Å². The monoisotopic (exact) mass is 281 g/mol. The smallest absolute Gasteiger partial charge is 0.314 e. The molecule has 3 N–H and O–H groups in total. The zero-order chi connectivity index (χ0) is 17.3. The summed E-state index contributed by atoms with van der Waals surface area (Å²) in [6.07, 6.45) is 0. The van der Waals surface area contributed by atoms with Crippen molar-refractivity contribution in [2.45, 2.75) is 62.3 Å². The van der Waals surface area contributed by atoms with E-state index in [2.05, 4.69) is 16.0 Å². The third-order valence-corrected chi connectivity index (χ3v) is 0.806. The highest BCUT2D eigenvalue weighted by Gasteiger charge is 1.81. The summed E-state index contributed by atoms with van der Waals surface area (Å²) in [5, 5.41) is 7.12. The van der Waals surface area contributed by atoms with Gasteiger partial charge in [0.25, 0.3) is 0 Å². The molecule has 0 aromatic heterocycles. The lowest BCUT2D eigenvalue weighted by atomic mass is 10.7. The van der Waals surface area contributed by atoms with E-state index in [1.165, 1.54) is 6.92 Å². The summed E-state index contributed by atoms with van der Waals surface area (Å²) in [7, 11) is 4.74. The molecule has 0 atom stereocenters. The predicted octanol–water partition coefficient (Wildman–Crippen LogP) is 3.40. The van der Waals surface area contributed by atoms with Crippen LogP contribution in [0, 0.1) is 0 Å². The zero-order valence-corrected chi connectivity index (χ0v) is 15.3. The minimum atomic E-state index is -0.157. The van der Waals surface area contributed by atoms with Crippen molar-refractivity contribution in [3.8, 4) is 0 Å². The summed E-state index contributed by atoms with van der Waals surface area (Å²) in [4.78, 5) is 19.7. The van der Waals surface area contributed by atoms with E-state index in [0.29, 0.717) is 0 Å². The fourth-order valence-corrected chi connectivity index (χ4v) is 0.125. The molecule has 0 aliphatic rings. The van der Waals surface area contributed by atoms with E-state index >= 15 is 0 Å². The second-order valence-corrected chi connectivity index (χ2v) is 1.64. The van der Waals surface area contributed by atoms with Crippen LogP contribution in [0.3, 0.4) is 0 Å². The first-order valence-corrected chi connectivity index (χ1v) is 7.16. The van der Waals surface area contributed by atoms with E-state index in [0.717, 1.165) is 0 Å². The van der Waals surface area contributed by atoms with E-state index in [4.69, 9.17) is 0 Å². The minimum Gasteiger partial charge on any atom is -0.359 e. The third kappa shape index (κ3) is 162. The summed E-state index contributed by atoms with van der Waals surface area (Å²) >= 11 is 0. The Morgan fingerprint density at radius 3 is 0.737 bits per heavy atom. The van der Waals surface area contributed by atoms with Gasteiger partial charge in [0, 0.05) is 28.1 Å². The van der Waals surface area contributed by atoms with Crippen LogP contribution >= 0.6 is 0 Å². The third-order valence-electron chi connectivity index (χ3n) is 0.806. The van der Waals surface area contributed by atoms with Gasteiger partial charge in [0.15, 0.2) is 0 Å². The Morgan fingerprint density at radius 2 is 0.737 bits per heavy atom. The fourth-order valence-electron chi connectivity index (χ4n) is 0.125. The maximum Gasteiger partial charge on any atom is 0.314 e. The molecule has 122 valence electrons. The molecule has 0 aliphatic carbocycles. The Balaban J connectivity index is -0.0000000294. The van der Waals surface area contributed by atoms with E-state index in [1.807, 2.05) is 55.4 Å². The van der Waals surface area contributed by atoms with Gasteiger partial charge >= 0.3 is 6.03 Å². The van der Waals surface area contributed by atoms with Crippen molar-refractivity contribution < 1.29 is 9.59 Å². The summed E-state index contributed by atoms with van der Waals surface area (Å²) < 4.78 is 0. The van der Waals surface area contributed by atoms with Crippen LogP contribution in [0.15, 0.2) is 0 Å². The quantitative estimate of drug-likeness (QED) is 0.637. The summed E-state index contributed by atoms with van der Waals surface area (Å²) in [5.41, 5.74) is 0. The Bertz CT molecular complexity index is 124. The number of urea groups is 1. The van der Waals surface area contributed by atoms with Crippen LogP contribution in [0.25, 0.3) is 0 Å². The average Bonchev–Trinajstić information content (AvgIpc) is 2.54. The lowest BCUT2D eigenvalue weighted by Gasteiger charge is -1.91. The van der Waals surface area contributed by atoms with Crippen LogP contribution in [0.4, 0.5) is 4.79 Å². The van der Waals surface area contributed by atoms with Gasteiger partial charge in [-0.15, -0.1) is 0 Å². The Morgan fingerprint density at radius 1 is 0.579 bits per heavy atom. The first kappa shape index (κ1) is 36.1. The largest absolute Gasteiger partial charge is 0.359 e. The van der Waals surface area contributed by atoms with Crippen molar-refractivity contribution in [2.75, 3.05) is 21.1 Å². The van der Waals surface area contributed by atoms with Crippen LogP contribution in [0.5, 0.6) is 0 Å². The number of carbonyl (C=O) groups excluding carboxylic acids is 2. The van der Waals surface area contributed by atoms with Gasteiger partial charge < -0.3 is 16.0 Å². The van der Waals surface area contributed by atoms with Crippen molar-refractivity contribution in [1.82, 2.24) is 16.0 Å². The molecule has 0 fully saturated rings. The van der Waals surface area contributed by atoms with Crippen LogP contribution < -0.4 is 16.0 Å². The molecular weight excluding hydrogens is 242 g/mol.